The van der Waals surface area contributed by atoms with Crippen LogP contribution in [0, 0.1) is 0 Å². The Labute approximate surface area is 143 Å². The average molecular weight is 346 g/mol. The van der Waals surface area contributed by atoms with Crippen molar-refractivity contribution in [2.45, 2.75) is 37.1 Å². The minimum atomic E-state index is -0.0499. The third-order valence-electron chi connectivity index (χ3n) is 3.35. The van der Waals surface area contributed by atoms with Gasteiger partial charge in [0.15, 0.2) is 5.82 Å². The van der Waals surface area contributed by atoms with E-state index in [2.05, 4.69) is 32.6 Å². The minimum Gasteiger partial charge on any atom is -0.497 e. The van der Waals surface area contributed by atoms with Gasteiger partial charge in [-0.15, -0.1) is 5.10 Å². The largest absolute Gasteiger partial charge is 0.497 e. The molecule has 1 aromatic carbocycles. The molecule has 2 aromatic heterocycles. The molecule has 126 valence electrons. The molecule has 0 saturated heterocycles. The first kappa shape index (κ1) is 16.4. The van der Waals surface area contributed by atoms with E-state index >= 15 is 0 Å². The van der Waals surface area contributed by atoms with E-state index in [0.717, 1.165) is 30.1 Å². The van der Waals surface area contributed by atoms with Crippen LogP contribution in [-0.2, 0) is 6.42 Å². The molecule has 0 aliphatic carbocycles. The molecule has 0 aliphatic rings. The summed E-state index contributed by atoms with van der Waals surface area (Å²) in [5.74, 6) is 2.09. The van der Waals surface area contributed by atoms with Crippen molar-refractivity contribution in [3.63, 3.8) is 0 Å². The molecule has 1 atom stereocenters. The van der Waals surface area contributed by atoms with Gasteiger partial charge in [-0.25, -0.2) is 0 Å². The lowest BCUT2D eigenvalue weighted by Gasteiger charge is -2.07. The maximum Gasteiger partial charge on any atom is 0.239 e. The predicted molar refractivity (Wildman–Crippen MR) is 88.3 cm³/mol. The van der Waals surface area contributed by atoms with E-state index in [9.17, 15) is 0 Å². The van der Waals surface area contributed by atoms with Crippen molar-refractivity contribution in [1.82, 2.24) is 30.3 Å². The van der Waals surface area contributed by atoms with Crippen molar-refractivity contribution < 1.29 is 9.26 Å². The zero-order valence-corrected chi connectivity index (χ0v) is 14.5. The van der Waals surface area contributed by atoms with E-state index in [0.29, 0.717) is 11.0 Å². The number of aryl methyl sites for hydroxylation is 1. The lowest BCUT2D eigenvalue weighted by molar-refractivity contribution is 0.374. The molecule has 0 fully saturated rings. The summed E-state index contributed by atoms with van der Waals surface area (Å²) >= 11 is 1.47. The van der Waals surface area contributed by atoms with Gasteiger partial charge in [0.05, 0.1) is 18.0 Å². The van der Waals surface area contributed by atoms with Crippen molar-refractivity contribution >= 4 is 11.8 Å². The van der Waals surface area contributed by atoms with E-state index in [1.54, 1.807) is 11.8 Å². The number of thioether (sulfide) groups is 1. The summed E-state index contributed by atoms with van der Waals surface area (Å²) in [6.45, 7) is 4.07. The molecule has 0 radical (unpaired) electrons. The van der Waals surface area contributed by atoms with Crippen LogP contribution in [0.4, 0.5) is 0 Å². The van der Waals surface area contributed by atoms with Gasteiger partial charge in [-0.3, -0.25) is 0 Å². The number of methoxy groups -OCH3 is 1. The molecule has 2 heterocycles. The van der Waals surface area contributed by atoms with Crippen LogP contribution in [0.5, 0.6) is 5.75 Å². The summed E-state index contributed by atoms with van der Waals surface area (Å²) in [4.78, 5) is 4.41. The summed E-state index contributed by atoms with van der Waals surface area (Å²) in [6.07, 6.45) is 1.79. The number of aromatic nitrogens is 6. The van der Waals surface area contributed by atoms with Crippen LogP contribution in [0.2, 0.25) is 0 Å². The Morgan fingerprint density at radius 2 is 2.08 bits per heavy atom. The third-order valence-corrected chi connectivity index (χ3v) is 4.37. The van der Waals surface area contributed by atoms with Crippen LogP contribution in [0.3, 0.4) is 0 Å². The standard InChI is InChI=1S/C15H18N6O2S/c1-4-5-13-16-14(23-18-13)10(2)24-15-17-19-20-21(15)11-6-8-12(22-3)9-7-11/h6-10H,4-5H2,1-3H3. The highest BCUT2D eigenvalue weighted by atomic mass is 32.2. The van der Waals surface area contributed by atoms with Crippen molar-refractivity contribution in [2.24, 2.45) is 0 Å². The van der Waals surface area contributed by atoms with Gasteiger partial charge < -0.3 is 9.26 Å². The maximum absolute atomic E-state index is 5.33. The van der Waals surface area contributed by atoms with E-state index in [-0.39, 0.29) is 5.25 Å². The van der Waals surface area contributed by atoms with Gasteiger partial charge in [0.1, 0.15) is 5.75 Å². The van der Waals surface area contributed by atoms with Crippen LogP contribution >= 0.6 is 11.8 Å². The van der Waals surface area contributed by atoms with Crippen LogP contribution in [0.1, 0.15) is 37.2 Å². The first-order chi connectivity index (χ1) is 11.7. The fourth-order valence-corrected chi connectivity index (χ4v) is 2.94. The van der Waals surface area contributed by atoms with Crippen molar-refractivity contribution in [2.75, 3.05) is 7.11 Å². The average Bonchev–Trinajstić information content (AvgIpc) is 3.25. The number of benzene rings is 1. The highest BCUT2D eigenvalue weighted by Crippen LogP contribution is 2.33. The molecule has 3 aromatic rings. The molecule has 0 aliphatic heterocycles. The molecule has 9 heteroatoms. The van der Waals surface area contributed by atoms with E-state index in [4.69, 9.17) is 9.26 Å². The van der Waals surface area contributed by atoms with Crippen molar-refractivity contribution in [3.8, 4) is 11.4 Å². The third kappa shape index (κ3) is 3.56. The summed E-state index contributed by atoms with van der Waals surface area (Å²) in [7, 11) is 1.63. The zero-order chi connectivity index (χ0) is 16.9. The Balaban J connectivity index is 1.76. The SMILES string of the molecule is CCCc1noc(C(C)Sc2nnnn2-c2ccc(OC)cc2)n1. The molecule has 0 saturated carbocycles. The first-order valence-electron chi connectivity index (χ1n) is 7.63. The number of nitrogens with zero attached hydrogens (tertiary/aromatic N) is 6. The number of tetrazole rings is 1. The second kappa shape index (κ2) is 7.43. The molecule has 8 nitrogen and oxygen atoms in total. The summed E-state index contributed by atoms with van der Waals surface area (Å²) in [5.41, 5.74) is 0.854. The molecule has 1 unspecified atom stereocenters. The van der Waals surface area contributed by atoms with Crippen LogP contribution in [-0.4, -0.2) is 37.5 Å². The minimum absolute atomic E-state index is 0.0499. The number of ether oxygens (including phenoxy) is 1. The van der Waals surface area contributed by atoms with Gasteiger partial charge in [-0.05, 0) is 48.0 Å². The predicted octanol–water partition coefficient (Wildman–Crippen LogP) is 2.86. The highest BCUT2D eigenvalue weighted by Gasteiger charge is 2.19. The molecule has 24 heavy (non-hydrogen) atoms. The van der Waals surface area contributed by atoms with E-state index in [1.165, 1.54) is 11.8 Å². The maximum atomic E-state index is 5.33. The Hall–Kier alpha value is -2.42. The lowest BCUT2D eigenvalue weighted by atomic mass is 10.3. The summed E-state index contributed by atoms with van der Waals surface area (Å²) < 4.78 is 12.2. The molecule has 0 N–H and O–H groups in total. The number of rotatable bonds is 7. The number of hydrogen-bond donors (Lipinski definition) is 0. The Bertz CT molecular complexity index is 785. The zero-order valence-electron chi connectivity index (χ0n) is 13.7. The van der Waals surface area contributed by atoms with Crippen LogP contribution in [0.25, 0.3) is 5.69 Å². The van der Waals surface area contributed by atoms with Crippen molar-refractivity contribution in [3.05, 3.63) is 36.0 Å². The van der Waals surface area contributed by atoms with Crippen LogP contribution in [0.15, 0.2) is 33.9 Å². The summed E-state index contributed by atoms with van der Waals surface area (Å²) in [5, 5.41) is 16.5. The quantitative estimate of drug-likeness (QED) is 0.603. The molecule has 3 rings (SSSR count). The topological polar surface area (TPSA) is 91.8 Å². The van der Waals surface area contributed by atoms with E-state index < -0.39 is 0 Å². The van der Waals surface area contributed by atoms with Gasteiger partial charge >= 0.3 is 0 Å². The molecular weight excluding hydrogens is 328 g/mol. The van der Waals surface area contributed by atoms with Gasteiger partial charge in [-0.2, -0.15) is 9.67 Å². The molecule has 0 spiro atoms. The Morgan fingerprint density at radius 3 is 2.79 bits per heavy atom. The molecule has 0 amide bonds. The Morgan fingerprint density at radius 1 is 1.29 bits per heavy atom. The number of hydrogen-bond acceptors (Lipinski definition) is 8. The molecule has 0 bridgehead atoms. The first-order valence-corrected chi connectivity index (χ1v) is 8.51. The van der Waals surface area contributed by atoms with Crippen molar-refractivity contribution in [1.29, 1.82) is 0 Å². The lowest BCUT2D eigenvalue weighted by Crippen LogP contribution is -2.00. The van der Waals surface area contributed by atoms with Gasteiger partial charge in [0.25, 0.3) is 0 Å². The van der Waals surface area contributed by atoms with Crippen LogP contribution < -0.4 is 4.74 Å². The second-order valence-electron chi connectivity index (χ2n) is 5.13. The second-order valence-corrected chi connectivity index (χ2v) is 6.44. The normalized spacial score (nSPS) is 12.3. The van der Waals surface area contributed by atoms with Gasteiger partial charge in [0.2, 0.25) is 11.0 Å². The van der Waals surface area contributed by atoms with Gasteiger partial charge in [0, 0.05) is 6.42 Å². The summed E-state index contributed by atoms with van der Waals surface area (Å²) in [6, 6.07) is 7.53. The fourth-order valence-electron chi connectivity index (χ4n) is 2.10. The smallest absolute Gasteiger partial charge is 0.239 e. The van der Waals surface area contributed by atoms with E-state index in [1.807, 2.05) is 31.2 Å². The molecular formula is C15H18N6O2S. The van der Waals surface area contributed by atoms with Gasteiger partial charge in [-0.1, -0.05) is 23.8 Å². The monoisotopic (exact) mass is 346 g/mol. The fraction of sp³-hybridized carbons (Fsp3) is 0.400. The highest BCUT2D eigenvalue weighted by molar-refractivity contribution is 7.99. The Kier molecular flexibility index (Phi) is 5.09.